The minimum absolute atomic E-state index is 0.0332. The number of hydrogen-bond acceptors (Lipinski definition) is 1. The highest BCUT2D eigenvalue weighted by Gasteiger charge is 2.64. The van der Waals surface area contributed by atoms with Crippen molar-refractivity contribution in [1.29, 1.82) is 0 Å². The zero-order chi connectivity index (χ0) is 15.1. The Kier molecular flexibility index (Phi) is 3.56. The lowest BCUT2D eigenvalue weighted by Crippen LogP contribution is -2.43. The number of hydrogen-bond donors (Lipinski definition) is 0. The molecular formula is C13H10F6O. The molecule has 1 fully saturated rings. The third kappa shape index (κ3) is 2.96. The lowest BCUT2D eigenvalue weighted by atomic mass is 9.96. The molecule has 0 aliphatic heterocycles. The summed E-state index contributed by atoms with van der Waals surface area (Å²) in [6.07, 6.45) is -11.2. The summed E-state index contributed by atoms with van der Waals surface area (Å²) >= 11 is 0. The van der Waals surface area contributed by atoms with Gasteiger partial charge in [-0.05, 0) is 17.9 Å². The van der Waals surface area contributed by atoms with Gasteiger partial charge in [0, 0.05) is 5.92 Å². The van der Waals surface area contributed by atoms with Crippen LogP contribution in [0.3, 0.4) is 0 Å². The number of carbonyl (C=O) groups is 1. The summed E-state index contributed by atoms with van der Waals surface area (Å²) < 4.78 is 74.7. The van der Waals surface area contributed by atoms with Crippen LogP contribution >= 0.6 is 0 Å². The molecule has 2 unspecified atom stereocenters. The molecule has 2 atom stereocenters. The minimum Gasteiger partial charge on any atom is -0.298 e. The largest absolute Gasteiger partial charge is 0.407 e. The van der Waals surface area contributed by atoms with Crippen molar-refractivity contribution < 1.29 is 31.1 Å². The molecule has 20 heavy (non-hydrogen) atoms. The summed E-state index contributed by atoms with van der Waals surface area (Å²) in [6, 6.07) is 8.11. The van der Waals surface area contributed by atoms with Crippen molar-refractivity contribution in [2.24, 2.45) is 11.8 Å². The van der Waals surface area contributed by atoms with E-state index in [4.69, 9.17) is 0 Å². The monoisotopic (exact) mass is 296 g/mol. The molecule has 1 aliphatic rings. The van der Waals surface area contributed by atoms with Crippen molar-refractivity contribution in [1.82, 2.24) is 0 Å². The molecule has 2 rings (SSSR count). The molecule has 0 heterocycles. The topological polar surface area (TPSA) is 17.1 Å². The predicted octanol–water partition coefficient (Wildman–Crippen LogP) is 4.10. The third-order valence-corrected chi connectivity index (χ3v) is 3.32. The molecule has 0 bridgehead atoms. The van der Waals surface area contributed by atoms with Gasteiger partial charge in [-0.2, -0.15) is 26.3 Å². The molecule has 7 heteroatoms. The van der Waals surface area contributed by atoms with Crippen molar-refractivity contribution in [2.45, 2.75) is 24.7 Å². The molecule has 110 valence electrons. The van der Waals surface area contributed by atoms with Crippen LogP contribution in [-0.4, -0.2) is 18.1 Å². The molecule has 0 amide bonds. The number of ketones is 1. The van der Waals surface area contributed by atoms with Crippen molar-refractivity contribution in [3.63, 3.8) is 0 Å². The summed E-state index contributed by atoms with van der Waals surface area (Å²) in [5.41, 5.74) is 0.592. The highest BCUT2D eigenvalue weighted by atomic mass is 19.4. The van der Waals surface area contributed by atoms with E-state index in [9.17, 15) is 31.1 Å². The van der Waals surface area contributed by atoms with Crippen molar-refractivity contribution in [3.05, 3.63) is 35.9 Å². The fourth-order valence-electron chi connectivity index (χ4n) is 2.30. The first-order valence-electron chi connectivity index (χ1n) is 5.84. The van der Waals surface area contributed by atoms with Gasteiger partial charge in [0.15, 0.2) is 5.78 Å². The standard InChI is InChI=1S/C13H10F6O/c14-12(15,16)11(13(17,18)19)10(20)9-6-8(9)7-4-2-1-3-5-7/h1-5,8-9,11H,6H2. The molecule has 0 saturated heterocycles. The van der Waals surface area contributed by atoms with Crippen LogP contribution in [0.15, 0.2) is 30.3 Å². The molecule has 1 aromatic rings. The van der Waals surface area contributed by atoms with Gasteiger partial charge in [0.05, 0.1) is 0 Å². The molecular weight excluding hydrogens is 286 g/mol. The molecule has 1 saturated carbocycles. The van der Waals surface area contributed by atoms with Crippen molar-refractivity contribution in [3.8, 4) is 0 Å². The first-order chi connectivity index (χ1) is 9.12. The molecule has 1 aromatic carbocycles. The van der Waals surface area contributed by atoms with Crippen molar-refractivity contribution in [2.75, 3.05) is 0 Å². The van der Waals surface area contributed by atoms with Gasteiger partial charge in [-0.15, -0.1) is 0 Å². The van der Waals surface area contributed by atoms with Gasteiger partial charge in [0.25, 0.3) is 0 Å². The van der Waals surface area contributed by atoms with Gasteiger partial charge in [-0.25, -0.2) is 0 Å². The van der Waals surface area contributed by atoms with Crippen LogP contribution in [0.4, 0.5) is 26.3 Å². The van der Waals surface area contributed by atoms with Crippen LogP contribution in [0, 0.1) is 11.8 Å². The quantitative estimate of drug-likeness (QED) is 0.767. The molecule has 0 spiro atoms. The Labute approximate surface area is 110 Å². The van der Waals surface area contributed by atoms with E-state index in [2.05, 4.69) is 0 Å². The van der Waals surface area contributed by atoms with Crippen LogP contribution < -0.4 is 0 Å². The Morgan fingerprint density at radius 2 is 1.50 bits per heavy atom. The van der Waals surface area contributed by atoms with Crippen LogP contribution in [0.25, 0.3) is 0 Å². The van der Waals surface area contributed by atoms with Crippen LogP contribution in [-0.2, 0) is 4.79 Å². The SMILES string of the molecule is O=C(C1CC1c1ccccc1)C(C(F)(F)F)C(F)(F)F. The second-order valence-corrected chi connectivity index (χ2v) is 4.78. The Morgan fingerprint density at radius 3 is 1.95 bits per heavy atom. The number of rotatable bonds is 3. The normalized spacial score (nSPS) is 22.9. The number of halogens is 6. The molecule has 0 radical (unpaired) electrons. The smallest absolute Gasteiger partial charge is 0.298 e. The average molecular weight is 296 g/mol. The first kappa shape index (κ1) is 14.9. The minimum atomic E-state index is -5.60. The third-order valence-electron chi connectivity index (χ3n) is 3.32. The summed E-state index contributed by atoms with van der Waals surface area (Å²) in [5, 5.41) is 0. The van der Waals surface area contributed by atoms with E-state index in [1.807, 2.05) is 0 Å². The van der Waals surface area contributed by atoms with Gasteiger partial charge < -0.3 is 0 Å². The Morgan fingerprint density at radius 1 is 1.00 bits per heavy atom. The predicted molar refractivity (Wildman–Crippen MR) is 57.9 cm³/mol. The summed E-state index contributed by atoms with van der Waals surface area (Å²) in [5.74, 6) is -7.41. The Hall–Kier alpha value is -1.53. The van der Waals surface area contributed by atoms with Crippen molar-refractivity contribution >= 4 is 5.78 Å². The zero-order valence-corrected chi connectivity index (χ0v) is 10.0. The molecule has 0 N–H and O–H groups in total. The highest BCUT2D eigenvalue weighted by Crippen LogP contribution is 2.53. The van der Waals surface area contributed by atoms with E-state index in [1.54, 1.807) is 30.3 Å². The second kappa shape index (κ2) is 4.79. The Balaban J connectivity index is 2.16. The summed E-state index contributed by atoms with van der Waals surface area (Å²) in [4.78, 5) is 11.5. The number of benzene rings is 1. The number of alkyl halides is 6. The lowest BCUT2D eigenvalue weighted by Gasteiger charge is -2.21. The summed E-state index contributed by atoms with van der Waals surface area (Å²) in [7, 11) is 0. The van der Waals surface area contributed by atoms with Gasteiger partial charge in [0.2, 0.25) is 5.92 Å². The number of Topliss-reactive ketones (excluding diaryl/α,β-unsaturated/α-hetero) is 1. The maximum Gasteiger partial charge on any atom is 0.407 e. The number of carbonyl (C=O) groups excluding carboxylic acids is 1. The fourth-order valence-corrected chi connectivity index (χ4v) is 2.30. The van der Waals surface area contributed by atoms with Crippen LogP contribution in [0.1, 0.15) is 17.9 Å². The van der Waals surface area contributed by atoms with Gasteiger partial charge in [-0.3, -0.25) is 4.79 Å². The van der Waals surface area contributed by atoms with Crippen LogP contribution in [0.2, 0.25) is 0 Å². The Bertz CT molecular complexity index is 476. The highest BCUT2D eigenvalue weighted by molar-refractivity contribution is 5.88. The maximum absolute atomic E-state index is 12.4. The van der Waals surface area contributed by atoms with E-state index in [0.29, 0.717) is 5.56 Å². The lowest BCUT2D eigenvalue weighted by molar-refractivity contribution is -0.274. The van der Waals surface area contributed by atoms with E-state index in [1.165, 1.54) is 0 Å². The molecule has 0 aromatic heterocycles. The summed E-state index contributed by atoms with van der Waals surface area (Å²) in [6.45, 7) is 0. The maximum atomic E-state index is 12.4. The van der Waals surface area contributed by atoms with E-state index >= 15 is 0 Å². The van der Waals surface area contributed by atoms with E-state index < -0.39 is 35.9 Å². The average Bonchev–Trinajstić information content (AvgIpc) is 3.05. The first-order valence-corrected chi connectivity index (χ1v) is 5.84. The van der Waals surface area contributed by atoms with Gasteiger partial charge in [-0.1, -0.05) is 30.3 Å². The van der Waals surface area contributed by atoms with E-state index in [-0.39, 0.29) is 6.42 Å². The van der Waals surface area contributed by atoms with Crippen LogP contribution in [0.5, 0.6) is 0 Å². The fraction of sp³-hybridized carbons (Fsp3) is 0.462. The van der Waals surface area contributed by atoms with Gasteiger partial charge >= 0.3 is 12.4 Å². The van der Waals surface area contributed by atoms with E-state index in [0.717, 1.165) is 0 Å². The second-order valence-electron chi connectivity index (χ2n) is 4.78. The molecule has 1 aliphatic carbocycles. The zero-order valence-electron chi connectivity index (χ0n) is 10.0. The van der Waals surface area contributed by atoms with Gasteiger partial charge in [0.1, 0.15) is 0 Å². The molecule has 1 nitrogen and oxygen atoms in total.